The van der Waals surface area contributed by atoms with E-state index in [4.69, 9.17) is 4.98 Å². The number of rotatable bonds is 10. The fraction of sp³-hybridized carbons (Fsp3) is 0.379. The van der Waals surface area contributed by atoms with Crippen molar-refractivity contribution in [3.05, 3.63) is 95.8 Å². The van der Waals surface area contributed by atoms with Gasteiger partial charge in [-0.1, -0.05) is 48.0 Å². The number of nitrogens with zero attached hydrogens (tertiary/aromatic N) is 5. The minimum atomic E-state index is 0.497. The Kier molecular flexibility index (Phi) is 7.63. The van der Waals surface area contributed by atoms with E-state index in [9.17, 15) is 0 Å². The van der Waals surface area contributed by atoms with Crippen molar-refractivity contribution in [2.24, 2.45) is 0 Å². The Morgan fingerprint density at radius 3 is 2.18 bits per heavy atom. The second kappa shape index (κ2) is 10.8. The smallest absolute Gasteiger partial charge is 0.220 e. The zero-order valence-electron chi connectivity index (χ0n) is 21.1. The van der Waals surface area contributed by atoms with E-state index in [1.54, 1.807) is 0 Å². The highest BCUT2D eigenvalue weighted by atomic mass is 15.3. The van der Waals surface area contributed by atoms with E-state index in [0.717, 1.165) is 37.4 Å². The number of hydrogen-bond acceptors (Lipinski definition) is 3. The quantitative estimate of drug-likeness (QED) is 0.303. The summed E-state index contributed by atoms with van der Waals surface area (Å²) in [4.78, 5) is 12.1. The van der Waals surface area contributed by atoms with Gasteiger partial charge < -0.3 is 0 Å². The third-order valence-electron chi connectivity index (χ3n) is 6.49. The minimum Gasteiger partial charge on any atom is -0.298 e. The van der Waals surface area contributed by atoms with Gasteiger partial charge in [0, 0.05) is 48.8 Å². The van der Waals surface area contributed by atoms with Crippen LogP contribution in [0.1, 0.15) is 50.2 Å². The number of aromatic nitrogens is 4. The molecule has 34 heavy (non-hydrogen) atoms. The van der Waals surface area contributed by atoms with Gasteiger partial charge in [-0.15, -0.1) is 0 Å². The average molecular weight is 456 g/mol. The van der Waals surface area contributed by atoms with Crippen LogP contribution >= 0.6 is 0 Å². The standard InChI is InChI=1S/C29H37N5/c1-22(2)33(23(3)4)19-17-28-27(16-13-25-9-7-6-8-10-25)31-29(32-20-18-30-21-32)34(28)26-14-11-24(5)12-15-26/h6-12,14-15,18,20-23H,13,16-17,19H2,1-5H3. The largest absolute Gasteiger partial charge is 0.298 e. The summed E-state index contributed by atoms with van der Waals surface area (Å²) in [5, 5.41) is 0. The van der Waals surface area contributed by atoms with E-state index in [-0.39, 0.29) is 0 Å². The maximum atomic E-state index is 5.20. The zero-order chi connectivity index (χ0) is 24.1. The zero-order valence-corrected chi connectivity index (χ0v) is 21.1. The molecule has 0 unspecified atom stereocenters. The Hall–Kier alpha value is -3.18. The van der Waals surface area contributed by atoms with Crippen molar-refractivity contribution in [1.29, 1.82) is 0 Å². The molecule has 0 atom stereocenters. The Labute approximate surface area is 204 Å². The molecule has 4 aromatic rings. The molecule has 5 heteroatoms. The Bertz CT molecular complexity index is 1150. The van der Waals surface area contributed by atoms with Crippen LogP contribution in [0.5, 0.6) is 0 Å². The lowest BCUT2D eigenvalue weighted by Crippen LogP contribution is -2.38. The van der Waals surface area contributed by atoms with Crippen LogP contribution in [0.15, 0.2) is 73.3 Å². The lowest BCUT2D eigenvalue weighted by atomic mass is 10.1. The van der Waals surface area contributed by atoms with Crippen molar-refractivity contribution in [2.45, 2.75) is 66.0 Å². The Morgan fingerprint density at radius 2 is 1.56 bits per heavy atom. The van der Waals surface area contributed by atoms with Crippen LogP contribution in [0.25, 0.3) is 11.6 Å². The van der Waals surface area contributed by atoms with Gasteiger partial charge in [-0.05, 0) is 65.2 Å². The first-order chi connectivity index (χ1) is 16.4. The first-order valence-corrected chi connectivity index (χ1v) is 12.4. The predicted octanol–water partition coefficient (Wildman–Crippen LogP) is 5.81. The van der Waals surface area contributed by atoms with Gasteiger partial charge in [-0.3, -0.25) is 14.0 Å². The first kappa shape index (κ1) is 24.0. The van der Waals surface area contributed by atoms with Crippen LogP contribution < -0.4 is 0 Å². The molecule has 2 aromatic carbocycles. The molecular formula is C29H37N5. The van der Waals surface area contributed by atoms with Crippen LogP contribution in [0.4, 0.5) is 0 Å². The minimum absolute atomic E-state index is 0.497. The molecule has 0 amide bonds. The van der Waals surface area contributed by atoms with Crippen LogP contribution in [0, 0.1) is 6.92 Å². The highest BCUT2D eigenvalue weighted by Crippen LogP contribution is 2.25. The average Bonchev–Trinajstić information content (AvgIpc) is 3.47. The maximum absolute atomic E-state index is 5.20. The molecule has 5 nitrogen and oxygen atoms in total. The van der Waals surface area contributed by atoms with Crippen LogP contribution in [0.3, 0.4) is 0 Å². The summed E-state index contributed by atoms with van der Waals surface area (Å²) in [6.45, 7) is 12.3. The second-order valence-electron chi connectivity index (χ2n) is 9.61. The number of benzene rings is 2. The summed E-state index contributed by atoms with van der Waals surface area (Å²) in [6.07, 6.45) is 8.45. The van der Waals surface area contributed by atoms with Gasteiger partial charge in [0.05, 0.1) is 5.69 Å². The van der Waals surface area contributed by atoms with E-state index in [1.807, 2.05) is 23.3 Å². The van der Waals surface area contributed by atoms with E-state index in [0.29, 0.717) is 12.1 Å². The number of imidazole rings is 2. The summed E-state index contributed by atoms with van der Waals surface area (Å²) in [5.74, 6) is 0.903. The summed E-state index contributed by atoms with van der Waals surface area (Å²) in [7, 11) is 0. The molecular weight excluding hydrogens is 418 g/mol. The van der Waals surface area contributed by atoms with Crippen molar-refractivity contribution in [3.63, 3.8) is 0 Å². The summed E-state index contributed by atoms with van der Waals surface area (Å²) in [6, 6.07) is 20.4. The molecule has 0 aliphatic heterocycles. The summed E-state index contributed by atoms with van der Waals surface area (Å²) in [5.41, 5.74) is 6.19. The molecule has 0 fully saturated rings. The molecule has 0 radical (unpaired) electrons. The van der Waals surface area contributed by atoms with Gasteiger partial charge in [0.15, 0.2) is 0 Å². The van der Waals surface area contributed by atoms with E-state index in [1.165, 1.54) is 22.5 Å². The van der Waals surface area contributed by atoms with Gasteiger partial charge in [0.2, 0.25) is 5.95 Å². The van der Waals surface area contributed by atoms with E-state index < -0.39 is 0 Å². The fourth-order valence-electron chi connectivity index (χ4n) is 4.71. The monoisotopic (exact) mass is 455 g/mol. The molecule has 0 saturated carbocycles. The Balaban J connectivity index is 1.78. The third-order valence-corrected chi connectivity index (χ3v) is 6.49. The van der Waals surface area contributed by atoms with Crippen molar-refractivity contribution in [3.8, 4) is 11.6 Å². The SMILES string of the molecule is Cc1ccc(-n2c(-n3ccnc3)nc(CCc3ccccc3)c2CCN(C(C)C)C(C)C)cc1. The van der Waals surface area contributed by atoms with Gasteiger partial charge in [-0.2, -0.15) is 0 Å². The van der Waals surface area contributed by atoms with E-state index in [2.05, 4.69) is 104 Å². The van der Waals surface area contributed by atoms with Gasteiger partial charge >= 0.3 is 0 Å². The van der Waals surface area contributed by atoms with E-state index >= 15 is 0 Å². The summed E-state index contributed by atoms with van der Waals surface area (Å²) < 4.78 is 4.36. The van der Waals surface area contributed by atoms with Gasteiger partial charge in [0.25, 0.3) is 0 Å². The maximum Gasteiger partial charge on any atom is 0.220 e. The molecule has 0 N–H and O–H groups in total. The normalized spacial score (nSPS) is 11.8. The molecule has 4 rings (SSSR count). The van der Waals surface area contributed by atoms with Crippen molar-refractivity contribution >= 4 is 0 Å². The van der Waals surface area contributed by atoms with Crippen molar-refractivity contribution < 1.29 is 0 Å². The van der Waals surface area contributed by atoms with Crippen LogP contribution in [0.2, 0.25) is 0 Å². The molecule has 0 saturated heterocycles. The summed E-state index contributed by atoms with van der Waals surface area (Å²) >= 11 is 0. The molecule has 0 bridgehead atoms. The molecule has 0 aliphatic rings. The molecule has 0 aliphatic carbocycles. The topological polar surface area (TPSA) is 38.9 Å². The fourth-order valence-corrected chi connectivity index (χ4v) is 4.71. The van der Waals surface area contributed by atoms with Crippen LogP contribution in [-0.4, -0.2) is 42.6 Å². The predicted molar refractivity (Wildman–Crippen MR) is 140 cm³/mol. The highest BCUT2D eigenvalue weighted by Gasteiger charge is 2.22. The first-order valence-electron chi connectivity index (χ1n) is 12.4. The molecule has 2 aromatic heterocycles. The number of hydrogen-bond donors (Lipinski definition) is 0. The lowest BCUT2D eigenvalue weighted by molar-refractivity contribution is 0.176. The third kappa shape index (κ3) is 5.48. The molecule has 2 heterocycles. The highest BCUT2D eigenvalue weighted by molar-refractivity contribution is 5.43. The van der Waals surface area contributed by atoms with Crippen LogP contribution in [-0.2, 0) is 19.3 Å². The lowest BCUT2D eigenvalue weighted by Gasteiger charge is -2.30. The van der Waals surface area contributed by atoms with Crippen molar-refractivity contribution in [2.75, 3.05) is 6.54 Å². The molecule has 178 valence electrons. The number of aryl methyl sites for hydroxylation is 3. The van der Waals surface area contributed by atoms with Gasteiger partial charge in [0.1, 0.15) is 6.33 Å². The van der Waals surface area contributed by atoms with Crippen molar-refractivity contribution in [1.82, 2.24) is 24.0 Å². The molecule has 0 spiro atoms. The second-order valence-corrected chi connectivity index (χ2v) is 9.61. The Morgan fingerprint density at radius 1 is 0.853 bits per heavy atom. The van der Waals surface area contributed by atoms with Gasteiger partial charge in [-0.25, -0.2) is 9.97 Å².